The van der Waals surface area contributed by atoms with Gasteiger partial charge < -0.3 is 14.4 Å². The van der Waals surface area contributed by atoms with Crippen LogP contribution < -0.4 is 20.1 Å². The van der Waals surface area contributed by atoms with Crippen molar-refractivity contribution in [3.63, 3.8) is 0 Å². The molecule has 4 amide bonds. The number of carbonyl (C=O) groups excluding carboxylic acids is 3. The monoisotopic (exact) mass is 415 g/mol. The van der Waals surface area contributed by atoms with Gasteiger partial charge in [-0.05, 0) is 56.1 Å². The molecule has 0 atom stereocenters. The van der Waals surface area contributed by atoms with E-state index >= 15 is 0 Å². The van der Waals surface area contributed by atoms with Crippen molar-refractivity contribution in [3.05, 3.63) is 59.9 Å². The first-order chi connectivity index (χ1) is 14.3. The van der Waals surface area contributed by atoms with Gasteiger partial charge in [-0.1, -0.05) is 12.1 Å². The fraction of sp³-hybridized carbons (Fsp3) is 0.286. The van der Waals surface area contributed by atoms with Gasteiger partial charge in [0.05, 0.1) is 0 Å². The molecule has 0 spiro atoms. The van der Waals surface area contributed by atoms with Gasteiger partial charge in [-0.25, -0.2) is 9.18 Å². The van der Waals surface area contributed by atoms with Crippen molar-refractivity contribution in [1.82, 2.24) is 15.5 Å². The second kappa shape index (κ2) is 8.91. The lowest BCUT2D eigenvalue weighted by atomic mass is 9.95. The van der Waals surface area contributed by atoms with Crippen molar-refractivity contribution in [2.75, 3.05) is 20.6 Å². The lowest BCUT2D eigenvalue weighted by Crippen LogP contribution is -2.69. The predicted octanol–water partition coefficient (Wildman–Crippen LogP) is 1.84. The highest BCUT2D eigenvalue weighted by molar-refractivity contribution is 6.21. The van der Waals surface area contributed by atoms with E-state index in [4.69, 9.17) is 9.47 Å². The Kier molecular flexibility index (Phi) is 6.31. The quantitative estimate of drug-likeness (QED) is 0.639. The minimum absolute atomic E-state index is 0.0494. The summed E-state index contributed by atoms with van der Waals surface area (Å²) in [5.74, 6) is -1.14. The Balaban J connectivity index is 1.71. The van der Waals surface area contributed by atoms with E-state index in [1.54, 1.807) is 55.4 Å². The average Bonchev–Trinajstić information content (AvgIpc) is 2.70. The number of rotatable bonds is 8. The third-order valence-electron chi connectivity index (χ3n) is 4.53. The smallest absolute Gasteiger partial charge is 0.328 e. The summed E-state index contributed by atoms with van der Waals surface area (Å²) in [6, 6.07) is 11.5. The van der Waals surface area contributed by atoms with Crippen LogP contribution in [0.5, 0.6) is 11.5 Å². The molecule has 158 valence electrons. The number of ether oxygens (including phenoxy) is 2. The first kappa shape index (κ1) is 21.3. The molecular formula is C21H22FN3O5. The molecule has 1 heterocycles. The molecule has 0 aliphatic carbocycles. The van der Waals surface area contributed by atoms with Crippen LogP contribution in [0.1, 0.15) is 12.0 Å². The summed E-state index contributed by atoms with van der Waals surface area (Å²) in [5.41, 5.74) is -1.06. The van der Waals surface area contributed by atoms with E-state index < -0.39 is 23.4 Å². The summed E-state index contributed by atoms with van der Waals surface area (Å²) in [4.78, 5) is 38.3. The highest BCUT2D eigenvalue weighted by Crippen LogP contribution is 2.27. The second-order valence-corrected chi connectivity index (χ2v) is 7.11. The van der Waals surface area contributed by atoms with Crippen molar-refractivity contribution in [3.8, 4) is 11.5 Å². The lowest BCUT2D eigenvalue weighted by Gasteiger charge is -2.34. The molecule has 2 N–H and O–H groups in total. The molecule has 9 heteroatoms. The summed E-state index contributed by atoms with van der Waals surface area (Å²) in [5, 5.41) is 4.19. The average molecular weight is 415 g/mol. The van der Waals surface area contributed by atoms with Crippen LogP contribution in [0.15, 0.2) is 48.5 Å². The molecular weight excluding hydrogens is 393 g/mol. The van der Waals surface area contributed by atoms with E-state index in [1.807, 2.05) is 0 Å². The van der Waals surface area contributed by atoms with Gasteiger partial charge in [0.15, 0.2) is 0 Å². The Hall–Kier alpha value is -3.46. The van der Waals surface area contributed by atoms with E-state index in [1.165, 1.54) is 12.1 Å². The molecule has 0 radical (unpaired) electrons. The van der Waals surface area contributed by atoms with E-state index in [9.17, 15) is 18.8 Å². The SMILES string of the molecule is CN(C)CCC1(Oc2ccc(OCc3ccc(F)cc3)cc2)C(=O)NC(=O)NC1=O. The molecule has 3 rings (SSSR count). The molecule has 2 aromatic rings. The molecule has 8 nitrogen and oxygen atoms in total. The Morgan fingerprint density at radius 2 is 1.47 bits per heavy atom. The van der Waals surface area contributed by atoms with Crippen LogP contribution in [0.4, 0.5) is 9.18 Å². The van der Waals surface area contributed by atoms with Gasteiger partial charge in [-0.2, -0.15) is 0 Å². The Labute approximate surface area is 173 Å². The Bertz CT molecular complexity index is 909. The van der Waals surface area contributed by atoms with E-state index in [0.29, 0.717) is 12.3 Å². The molecule has 0 bridgehead atoms. The minimum atomic E-state index is -1.87. The van der Waals surface area contributed by atoms with E-state index in [2.05, 4.69) is 10.6 Å². The van der Waals surface area contributed by atoms with Gasteiger partial charge in [0.2, 0.25) is 0 Å². The molecule has 1 saturated heterocycles. The van der Waals surface area contributed by atoms with Gasteiger partial charge in [0.1, 0.15) is 23.9 Å². The number of amides is 4. The van der Waals surface area contributed by atoms with Gasteiger partial charge in [0, 0.05) is 13.0 Å². The number of hydrogen-bond acceptors (Lipinski definition) is 6. The van der Waals surface area contributed by atoms with Crippen LogP contribution in [-0.4, -0.2) is 49.0 Å². The maximum absolute atomic E-state index is 13.0. The highest BCUT2D eigenvalue weighted by Gasteiger charge is 2.52. The van der Waals surface area contributed by atoms with Crippen LogP contribution in [0.25, 0.3) is 0 Å². The number of benzene rings is 2. The maximum Gasteiger partial charge on any atom is 0.328 e. The van der Waals surface area contributed by atoms with Crippen LogP contribution in [0.2, 0.25) is 0 Å². The van der Waals surface area contributed by atoms with Crippen molar-refractivity contribution in [2.24, 2.45) is 0 Å². The number of carbonyl (C=O) groups is 3. The fourth-order valence-corrected chi connectivity index (χ4v) is 2.85. The summed E-state index contributed by atoms with van der Waals surface area (Å²) < 4.78 is 24.4. The Morgan fingerprint density at radius 1 is 0.900 bits per heavy atom. The molecule has 1 aliphatic rings. The third-order valence-corrected chi connectivity index (χ3v) is 4.53. The third kappa shape index (κ3) is 4.93. The fourth-order valence-electron chi connectivity index (χ4n) is 2.85. The second-order valence-electron chi connectivity index (χ2n) is 7.11. The van der Waals surface area contributed by atoms with Gasteiger partial charge in [-0.15, -0.1) is 0 Å². The van der Waals surface area contributed by atoms with Crippen molar-refractivity contribution >= 4 is 17.8 Å². The van der Waals surface area contributed by atoms with Gasteiger partial charge in [0.25, 0.3) is 17.4 Å². The number of imide groups is 2. The lowest BCUT2D eigenvalue weighted by molar-refractivity contribution is -0.152. The van der Waals surface area contributed by atoms with E-state index in [-0.39, 0.29) is 24.6 Å². The van der Waals surface area contributed by atoms with Crippen molar-refractivity contribution in [2.45, 2.75) is 18.6 Å². The summed E-state index contributed by atoms with van der Waals surface area (Å²) in [6.07, 6.45) is 0.0494. The molecule has 30 heavy (non-hydrogen) atoms. The number of nitrogens with one attached hydrogen (secondary N) is 2. The number of urea groups is 1. The van der Waals surface area contributed by atoms with Crippen molar-refractivity contribution in [1.29, 1.82) is 0 Å². The number of hydrogen-bond donors (Lipinski definition) is 2. The molecule has 0 aromatic heterocycles. The molecule has 2 aromatic carbocycles. The number of halogens is 1. The number of barbiturate groups is 1. The highest BCUT2D eigenvalue weighted by atomic mass is 19.1. The molecule has 1 fully saturated rings. The van der Waals surface area contributed by atoms with Gasteiger partial charge in [-0.3, -0.25) is 20.2 Å². The minimum Gasteiger partial charge on any atom is -0.489 e. The van der Waals surface area contributed by atoms with Crippen LogP contribution >= 0.6 is 0 Å². The zero-order valence-electron chi connectivity index (χ0n) is 16.6. The normalized spacial score (nSPS) is 15.5. The first-order valence-electron chi connectivity index (χ1n) is 9.26. The van der Waals surface area contributed by atoms with Crippen LogP contribution in [0.3, 0.4) is 0 Å². The first-order valence-corrected chi connectivity index (χ1v) is 9.26. The topological polar surface area (TPSA) is 97.0 Å². The zero-order chi connectivity index (χ0) is 21.7. The van der Waals surface area contributed by atoms with Crippen LogP contribution in [0, 0.1) is 5.82 Å². The number of nitrogens with zero attached hydrogens (tertiary/aromatic N) is 1. The van der Waals surface area contributed by atoms with E-state index in [0.717, 1.165) is 5.56 Å². The van der Waals surface area contributed by atoms with Gasteiger partial charge >= 0.3 is 6.03 Å². The predicted molar refractivity (Wildman–Crippen MR) is 105 cm³/mol. The standard InChI is InChI=1S/C21H22FN3O5/c1-25(2)12-11-21(18(26)23-20(28)24-19(21)27)30-17-9-7-16(8-10-17)29-13-14-3-5-15(22)6-4-14/h3-10H,11-13H2,1-2H3,(H2,23,24,26,27,28). The summed E-state index contributed by atoms with van der Waals surface area (Å²) in [7, 11) is 3.59. The summed E-state index contributed by atoms with van der Waals surface area (Å²) >= 11 is 0. The maximum atomic E-state index is 13.0. The van der Waals surface area contributed by atoms with Crippen LogP contribution in [-0.2, 0) is 16.2 Å². The van der Waals surface area contributed by atoms with Crippen molar-refractivity contribution < 1.29 is 28.2 Å². The summed E-state index contributed by atoms with van der Waals surface area (Å²) in [6.45, 7) is 0.633. The molecule has 0 unspecified atom stereocenters. The molecule has 1 aliphatic heterocycles. The molecule has 0 saturated carbocycles. The largest absolute Gasteiger partial charge is 0.489 e. The Morgan fingerprint density at radius 3 is 2.03 bits per heavy atom. The zero-order valence-corrected chi connectivity index (χ0v) is 16.6.